The highest BCUT2D eigenvalue weighted by Crippen LogP contribution is 2.27. The third-order valence-corrected chi connectivity index (χ3v) is 3.55. The van der Waals surface area contributed by atoms with Crippen LogP contribution >= 0.6 is 0 Å². The number of nitrogens with zero attached hydrogens (tertiary/aromatic N) is 1. The first kappa shape index (κ1) is 13.5. The molecule has 1 aliphatic carbocycles. The Bertz CT molecular complexity index is 542. The quantitative estimate of drug-likeness (QED) is 0.826. The van der Waals surface area contributed by atoms with E-state index in [1.54, 1.807) is 25.3 Å². The van der Waals surface area contributed by atoms with Crippen LogP contribution in [-0.4, -0.2) is 18.3 Å². The summed E-state index contributed by atoms with van der Waals surface area (Å²) in [5.74, 6) is 6.71. The molecule has 1 aliphatic rings. The summed E-state index contributed by atoms with van der Waals surface area (Å²) in [6, 6.07) is 7.28. The highest BCUT2D eigenvalue weighted by atomic mass is 16.5. The Kier molecular flexibility index (Phi) is 4.44. The highest BCUT2D eigenvalue weighted by molar-refractivity contribution is 5.51. The van der Waals surface area contributed by atoms with Crippen LogP contribution in [0.1, 0.15) is 36.8 Å². The van der Waals surface area contributed by atoms with Gasteiger partial charge in [0.1, 0.15) is 17.9 Å². The number of benzene rings is 1. The van der Waals surface area contributed by atoms with Crippen LogP contribution < -0.4 is 4.74 Å². The van der Waals surface area contributed by atoms with Crippen LogP contribution in [0.25, 0.3) is 0 Å². The minimum absolute atomic E-state index is 0.288. The van der Waals surface area contributed by atoms with Gasteiger partial charge in [0.15, 0.2) is 0 Å². The van der Waals surface area contributed by atoms with Crippen LogP contribution in [0.2, 0.25) is 0 Å². The Morgan fingerprint density at radius 3 is 2.68 bits per heavy atom. The maximum absolute atomic E-state index is 9.99. The topological polar surface area (TPSA) is 53.2 Å². The molecule has 0 radical (unpaired) electrons. The van der Waals surface area contributed by atoms with Gasteiger partial charge in [-0.25, -0.2) is 0 Å². The van der Waals surface area contributed by atoms with Gasteiger partial charge in [0, 0.05) is 5.56 Å². The molecule has 2 rings (SSSR count). The monoisotopic (exact) mass is 255 g/mol. The van der Waals surface area contributed by atoms with E-state index in [2.05, 4.69) is 17.9 Å². The van der Waals surface area contributed by atoms with E-state index in [-0.39, 0.29) is 5.92 Å². The number of nitriles is 1. The van der Waals surface area contributed by atoms with E-state index >= 15 is 0 Å². The standard InChI is InChI=1S/C16H17NO2/c1-19-15-8-6-12(14(10-15)11-17)7-9-16(18)13-4-2-3-5-13/h6,8,10,13,16,18H,2-5H2,1H3. The molecular weight excluding hydrogens is 238 g/mol. The number of hydrogen-bond acceptors (Lipinski definition) is 3. The maximum Gasteiger partial charge on any atom is 0.120 e. The van der Waals surface area contributed by atoms with Gasteiger partial charge >= 0.3 is 0 Å². The fourth-order valence-corrected chi connectivity index (χ4v) is 2.39. The van der Waals surface area contributed by atoms with E-state index in [1.165, 1.54) is 12.8 Å². The highest BCUT2D eigenvalue weighted by Gasteiger charge is 2.21. The van der Waals surface area contributed by atoms with Crippen molar-refractivity contribution < 1.29 is 9.84 Å². The van der Waals surface area contributed by atoms with Gasteiger partial charge in [0.25, 0.3) is 0 Å². The molecule has 0 aliphatic heterocycles. The number of rotatable bonds is 2. The summed E-state index contributed by atoms with van der Waals surface area (Å²) in [4.78, 5) is 0. The van der Waals surface area contributed by atoms with Gasteiger partial charge in [0.2, 0.25) is 0 Å². The van der Waals surface area contributed by atoms with Crippen LogP contribution in [0.5, 0.6) is 5.75 Å². The molecule has 98 valence electrons. The average Bonchev–Trinajstić information content (AvgIpc) is 2.98. The summed E-state index contributed by atoms with van der Waals surface area (Å²) in [5.41, 5.74) is 1.12. The van der Waals surface area contributed by atoms with E-state index in [0.717, 1.165) is 12.8 Å². The van der Waals surface area contributed by atoms with Gasteiger partial charge in [-0.2, -0.15) is 5.26 Å². The number of methoxy groups -OCH3 is 1. The average molecular weight is 255 g/mol. The lowest BCUT2D eigenvalue weighted by Crippen LogP contribution is -2.14. The van der Waals surface area contributed by atoms with E-state index in [9.17, 15) is 5.11 Å². The largest absolute Gasteiger partial charge is 0.497 e. The Hall–Kier alpha value is -1.97. The Morgan fingerprint density at radius 1 is 1.32 bits per heavy atom. The molecule has 0 bridgehead atoms. The van der Waals surface area contributed by atoms with Gasteiger partial charge in [-0.05, 0) is 37.0 Å². The molecule has 1 unspecified atom stereocenters. The van der Waals surface area contributed by atoms with Crippen molar-refractivity contribution in [3.05, 3.63) is 29.3 Å². The smallest absolute Gasteiger partial charge is 0.120 e. The summed E-state index contributed by atoms with van der Waals surface area (Å²) >= 11 is 0. The van der Waals surface area contributed by atoms with Crippen molar-refractivity contribution in [3.63, 3.8) is 0 Å². The molecule has 1 N–H and O–H groups in total. The fraction of sp³-hybridized carbons (Fsp3) is 0.438. The second kappa shape index (κ2) is 6.27. The number of aliphatic hydroxyl groups excluding tert-OH is 1. The van der Waals surface area contributed by atoms with E-state index in [4.69, 9.17) is 10.00 Å². The molecule has 0 amide bonds. The van der Waals surface area contributed by atoms with E-state index in [0.29, 0.717) is 16.9 Å². The predicted molar refractivity (Wildman–Crippen MR) is 72.6 cm³/mol. The van der Waals surface area contributed by atoms with E-state index < -0.39 is 6.10 Å². The lowest BCUT2D eigenvalue weighted by Gasteiger charge is -2.10. The molecule has 1 fully saturated rings. The summed E-state index contributed by atoms with van der Waals surface area (Å²) in [6.45, 7) is 0. The van der Waals surface area contributed by atoms with Crippen LogP contribution in [0.15, 0.2) is 18.2 Å². The van der Waals surface area contributed by atoms with Crippen molar-refractivity contribution in [1.29, 1.82) is 5.26 Å². The zero-order chi connectivity index (χ0) is 13.7. The Labute approximate surface area is 113 Å². The summed E-state index contributed by atoms with van der Waals surface area (Å²) < 4.78 is 5.07. The Morgan fingerprint density at radius 2 is 2.05 bits per heavy atom. The van der Waals surface area contributed by atoms with Gasteiger partial charge in [0.05, 0.1) is 12.7 Å². The van der Waals surface area contributed by atoms with Crippen molar-refractivity contribution in [1.82, 2.24) is 0 Å². The lowest BCUT2D eigenvalue weighted by molar-refractivity contribution is 0.165. The zero-order valence-electron chi connectivity index (χ0n) is 11.0. The third kappa shape index (κ3) is 3.28. The fourth-order valence-electron chi connectivity index (χ4n) is 2.39. The van der Waals surface area contributed by atoms with Crippen LogP contribution in [0.4, 0.5) is 0 Å². The van der Waals surface area contributed by atoms with Gasteiger partial charge in [-0.15, -0.1) is 0 Å². The molecule has 3 heteroatoms. The first-order valence-electron chi connectivity index (χ1n) is 6.52. The minimum atomic E-state index is -0.587. The molecule has 1 aromatic carbocycles. The lowest BCUT2D eigenvalue weighted by atomic mass is 10.0. The van der Waals surface area contributed by atoms with Crippen molar-refractivity contribution in [2.24, 2.45) is 5.92 Å². The molecule has 0 saturated heterocycles. The summed E-state index contributed by atoms with van der Waals surface area (Å²) in [6.07, 6.45) is 3.86. The minimum Gasteiger partial charge on any atom is -0.497 e. The van der Waals surface area contributed by atoms with Crippen molar-refractivity contribution in [2.75, 3.05) is 7.11 Å². The predicted octanol–water partition coefficient (Wildman–Crippen LogP) is 2.47. The van der Waals surface area contributed by atoms with Crippen LogP contribution in [-0.2, 0) is 0 Å². The van der Waals surface area contributed by atoms with Crippen molar-refractivity contribution in [3.8, 4) is 23.7 Å². The molecule has 0 heterocycles. The SMILES string of the molecule is COc1ccc(C#CC(O)C2CCCC2)c(C#N)c1. The van der Waals surface area contributed by atoms with E-state index in [1.807, 2.05) is 0 Å². The molecule has 0 aromatic heterocycles. The molecule has 1 aromatic rings. The molecule has 19 heavy (non-hydrogen) atoms. The first-order chi connectivity index (χ1) is 9.24. The van der Waals surface area contributed by atoms with Gasteiger partial charge in [-0.1, -0.05) is 24.7 Å². The molecule has 3 nitrogen and oxygen atoms in total. The van der Waals surface area contributed by atoms with Crippen molar-refractivity contribution >= 4 is 0 Å². The number of ether oxygens (including phenoxy) is 1. The van der Waals surface area contributed by atoms with Crippen LogP contribution in [0, 0.1) is 29.1 Å². The second-order valence-corrected chi connectivity index (χ2v) is 4.78. The number of hydrogen-bond donors (Lipinski definition) is 1. The molecule has 1 atom stereocenters. The summed E-state index contributed by atoms with van der Waals surface area (Å²) in [5, 5.41) is 19.1. The second-order valence-electron chi connectivity index (χ2n) is 4.78. The molecular formula is C16H17NO2. The Balaban J connectivity index is 2.17. The van der Waals surface area contributed by atoms with Crippen LogP contribution in [0.3, 0.4) is 0 Å². The molecule has 0 spiro atoms. The molecule has 1 saturated carbocycles. The summed E-state index contributed by atoms with van der Waals surface area (Å²) in [7, 11) is 1.56. The van der Waals surface area contributed by atoms with Gasteiger partial charge in [-0.3, -0.25) is 0 Å². The number of aliphatic hydroxyl groups is 1. The third-order valence-electron chi connectivity index (χ3n) is 3.55. The van der Waals surface area contributed by atoms with Crippen molar-refractivity contribution in [2.45, 2.75) is 31.8 Å². The maximum atomic E-state index is 9.99. The van der Waals surface area contributed by atoms with Gasteiger partial charge < -0.3 is 9.84 Å². The normalized spacial score (nSPS) is 16.3. The zero-order valence-corrected chi connectivity index (χ0v) is 11.0. The first-order valence-corrected chi connectivity index (χ1v) is 6.52.